The highest BCUT2D eigenvalue weighted by Gasteiger charge is 2.27. The highest BCUT2D eigenvalue weighted by Crippen LogP contribution is 2.15. The fourth-order valence-electron chi connectivity index (χ4n) is 1.09. The van der Waals surface area contributed by atoms with E-state index in [0.717, 1.165) is 0 Å². The van der Waals surface area contributed by atoms with Gasteiger partial charge in [-0.1, -0.05) is 0 Å². The lowest BCUT2D eigenvalue weighted by Gasteiger charge is -2.09. The molecule has 8 heteroatoms. The predicted octanol–water partition coefficient (Wildman–Crippen LogP) is 1.67. The third-order valence-corrected chi connectivity index (χ3v) is 1.87. The summed E-state index contributed by atoms with van der Waals surface area (Å²) in [6, 6.07) is 1.33. The van der Waals surface area contributed by atoms with Crippen molar-refractivity contribution in [3.63, 3.8) is 0 Å². The summed E-state index contributed by atoms with van der Waals surface area (Å²) < 4.78 is 43.8. The summed E-state index contributed by atoms with van der Waals surface area (Å²) in [7, 11) is 0. The van der Waals surface area contributed by atoms with Crippen LogP contribution in [0.15, 0.2) is 12.3 Å². The summed E-state index contributed by atoms with van der Waals surface area (Å²) in [5.41, 5.74) is 6.13. The molecule has 0 aliphatic heterocycles. The molecule has 0 aliphatic carbocycles. The quantitative estimate of drug-likeness (QED) is 0.508. The maximum atomic E-state index is 11.7. The second-order valence-corrected chi connectivity index (χ2v) is 3.41. The molecule has 0 spiro atoms. The smallest absolute Gasteiger partial charge is 0.411 e. The van der Waals surface area contributed by atoms with E-state index >= 15 is 0 Å². The lowest BCUT2D eigenvalue weighted by molar-refractivity contribution is -0.190. The summed E-state index contributed by atoms with van der Waals surface area (Å²) >= 11 is 0. The number of alkyl halides is 3. The minimum absolute atomic E-state index is 0.0885. The molecule has 0 aliphatic rings. The average molecular weight is 264 g/mol. The van der Waals surface area contributed by atoms with Crippen molar-refractivity contribution < 1.29 is 27.4 Å². The molecule has 0 atom stereocenters. The molecule has 0 saturated heterocycles. The first kappa shape index (κ1) is 14.2. The van der Waals surface area contributed by atoms with Crippen LogP contribution in [0, 0.1) is 6.92 Å². The van der Waals surface area contributed by atoms with Crippen molar-refractivity contribution in [2.24, 2.45) is 0 Å². The molecule has 0 bridgehead atoms. The van der Waals surface area contributed by atoms with Gasteiger partial charge in [0.05, 0.1) is 23.1 Å². The van der Waals surface area contributed by atoms with Crippen molar-refractivity contribution in [2.45, 2.75) is 13.1 Å². The number of rotatable bonds is 4. The molecule has 1 rings (SSSR count). The largest absolute Gasteiger partial charge is 0.435 e. The normalized spacial score (nSPS) is 11.3. The number of halogens is 3. The van der Waals surface area contributed by atoms with Crippen LogP contribution in [-0.2, 0) is 9.47 Å². The Bertz CT molecular complexity index is 435. The summed E-state index contributed by atoms with van der Waals surface area (Å²) in [5.74, 6) is -0.838. The standard InChI is InChI=1S/C10H11F3N2O3/c1-6-8(2-7(14)3-15-6)9(16)18-5-17-4-10(11,12)13/h2-3H,4-5,14H2,1H3. The molecule has 0 saturated carbocycles. The van der Waals surface area contributed by atoms with Gasteiger partial charge in [0.25, 0.3) is 0 Å². The van der Waals surface area contributed by atoms with Gasteiger partial charge >= 0.3 is 12.1 Å². The van der Waals surface area contributed by atoms with Crippen LogP contribution in [0.4, 0.5) is 18.9 Å². The number of pyridine rings is 1. The Hall–Kier alpha value is -1.83. The van der Waals surface area contributed by atoms with Crippen LogP contribution in [0.2, 0.25) is 0 Å². The van der Waals surface area contributed by atoms with E-state index in [-0.39, 0.29) is 11.3 Å². The van der Waals surface area contributed by atoms with Crippen LogP contribution in [0.25, 0.3) is 0 Å². The number of nitrogens with zero attached hydrogens (tertiary/aromatic N) is 1. The zero-order valence-electron chi connectivity index (χ0n) is 9.45. The number of hydrogen-bond donors (Lipinski definition) is 1. The van der Waals surface area contributed by atoms with Crippen molar-refractivity contribution in [3.8, 4) is 0 Å². The second-order valence-electron chi connectivity index (χ2n) is 3.41. The molecule has 1 aromatic rings. The Morgan fingerprint density at radius 3 is 2.78 bits per heavy atom. The zero-order chi connectivity index (χ0) is 13.8. The zero-order valence-corrected chi connectivity index (χ0v) is 9.45. The van der Waals surface area contributed by atoms with E-state index in [2.05, 4.69) is 14.5 Å². The fraction of sp³-hybridized carbons (Fsp3) is 0.400. The Kier molecular flexibility index (Phi) is 4.49. The molecular formula is C10H11F3N2O3. The minimum atomic E-state index is -4.46. The number of hydrogen-bond acceptors (Lipinski definition) is 5. The molecule has 0 radical (unpaired) electrons. The Labute approximate surface area is 101 Å². The molecule has 0 fully saturated rings. The molecule has 1 aromatic heterocycles. The minimum Gasteiger partial charge on any atom is -0.435 e. The molecule has 2 N–H and O–H groups in total. The topological polar surface area (TPSA) is 74.4 Å². The molecule has 1 heterocycles. The summed E-state index contributed by atoms with van der Waals surface area (Å²) in [4.78, 5) is 15.3. The molecular weight excluding hydrogens is 253 g/mol. The third-order valence-electron chi connectivity index (χ3n) is 1.87. The van der Waals surface area contributed by atoms with Crippen molar-refractivity contribution in [3.05, 3.63) is 23.5 Å². The fourth-order valence-corrected chi connectivity index (χ4v) is 1.09. The maximum absolute atomic E-state index is 11.7. The molecule has 100 valence electrons. The van der Waals surface area contributed by atoms with Crippen LogP contribution in [0.5, 0.6) is 0 Å². The van der Waals surface area contributed by atoms with Gasteiger partial charge in [-0.25, -0.2) is 4.79 Å². The first-order chi connectivity index (χ1) is 8.29. The van der Waals surface area contributed by atoms with Crippen molar-refractivity contribution in [2.75, 3.05) is 19.1 Å². The molecule has 18 heavy (non-hydrogen) atoms. The van der Waals surface area contributed by atoms with Crippen LogP contribution in [0.3, 0.4) is 0 Å². The van der Waals surface area contributed by atoms with E-state index in [9.17, 15) is 18.0 Å². The van der Waals surface area contributed by atoms with Gasteiger partial charge in [0.15, 0.2) is 6.79 Å². The van der Waals surface area contributed by atoms with E-state index in [1.54, 1.807) is 6.92 Å². The van der Waals surface area contributed by atoms with Crippen LogP contribution < -0.4 is 5.73 Å². The SMILES string of the molecule is Cc1ncc(N)cc1C(=O)OCOCC(F)(F)F. The van der Waals surface area contributed by atoms with Gasteiger partial charge in [0.1, 0.15) is 6.61 Å². The third kappa shape index (κ3) is 4.58. The van der Waals surface area contributed by atoms with Gasteiger partial charge in [0, 0.05) is 0 Å². The number of aryl methyl sites for hydroxylation is 1. The molecule has 5 nitrogen and oxygen atoms in total. The van der Waals surface area contributed by atoms with E-state index in [1.807, 2.05) is 0 Å². The van der Waals surface area contributed by atoms with Crippen molar-refractivity contribution in [1.29, 1.82) is 0 Å². The van der Waals surface area contributed by atoms with Crippen LogP contribution in [0.1, 0.15) is 16.1 Å². The van der Waals surface area contributed by atoms with Gasteiger partial charge in [0.2, 0.25) is 0 Å². The second kappa shape index (κ2) is 5.67. The number of anilines is 1. The summed E-state index contributed by atoms with van der Waals surface area (Å²) in [6.45, 7) is -0.715. The maximum Gasteiger partial charge on any atom is 0.411 e. The van der Waals surface area contributed by atoms with Crippen LogP contribution in [-0.4, -0.2) is 30.5 Å². The Morgan fingerprint density at radius 2 is 2.17 bits per heavy atom. The lowest BCUT2D eigenvalue weighted by atomic mass is 10.2. The number of carbonyl (C=O) groups excluding carboxylic acids is 1. The van der Waals surface area contributed by atoms with Gasteiger partial charge in [-0.3, -0.25) is 4.98 Å². The van der Waals surface area contributed by atoms with Gasteiger partial charge < -0.3 is 15.2 Å². The summed E-state index contributed by atoms with van der Waals surface area (Å²) in [5, 5.41) is 0. The molecule has 0 aromatic carbocycles. The molecule has 0 unspecified atom stereocenters. The Morgan fingerprint density at radius 1 is 1.50 bits per heavy atom. The first-order valence-electron chi connectivity index (χ1n) is 4.83. The monoisotopic (exact) mass is 264 g/mol. The van der Waals surface area contributed by atoms with Crippen molar-refractivity contribution >= 4 is 11.7 Å². The van der Waals surface area contributed by atoms with Crippen LogP contribution >= 0.6 is 0 Å². The summed E-state index contributed by atoms with van der Waals surface area (Å²) in [6.07, 6.45) is -3.10. The highest BCUT2D eigenvalue weighted by atomic mass is 19.4. The first-order valence-corrected chi connectivity index (χ1v) is 4.83. The lowest BCUT2D eigenvalue weighted by Crippen LogP contribution is -2.19. The number of nitrogens with two attached hydrogens (primary N) is 1. The van der Waals surface area contributed by atoms with E-state index in [1.165, 1.54) is 12.3 Å². The van der Waals surface area contributed by atoms with E-state index in [4.69, 9.17) is 5.73 Å². The van der Waals surface area contributed by atoms with E-state index < -0.39 is 25.5 Å². The van der Waals surface area contributed by atoms with Gasteiger partial charge in [-0.15, -0.1) is 0 Å². The number of ether oxygens (including phenoxy) is 2. The number of carbonyl (C=O) groups is 1. The number of esters is 1. The average Bonchev–Trinajstić information content (AvgIpc) is 2.26. The van der Waals surface area contributed by atoms with Crippen molar-refractivity contribution in [1.82, 2.24) is 4.98 Å². The number of aromatic nitrogens is 1. The van der Waals surface area contributed by atoms with E-state index in [0.29, 0.717) is 5.69 Å². The van der Waals surface area contributed by atoms with Gasteiger partial charge in [-0.05, 0) is 13.0 Å². The van der Waals surface area contributed by atoms with Gasteiger partial charge in [-0.2, -0.15) is 13.2 Å². The predicted molar refractivity (Wildman–Crippen MR) is 55.7 cm³/mol. The number of nitrogen functional groups attached to an aromatic ring is 1. The Balaban J connectivity index is 2.48. The highest BCUT2D eigenvalue weighted by molar-refractivity contribution is 5.91. The molecule has 0 amide bonds.